The molecule has 33 heavy (non-hydrogen) atoms. The molecule has 0 saturated carbocycles. The summed E-state index contributed by atoms with van der Waals surface area (Å²) in [4.78, 5) is 0. The van der Waals surface area contributed by atoms with Gasteiger partial charge in [0, 0.05) is 32.1 Å². The van der Waals surface area contributed by atoms with Crippen molar-refractivity contribution in [2.24, 2.45) is 5.73 Å². The van der Waals surface area contributed by atoms with Gasteiger partial charge in [-0.3, -0.25) is 0 Å². The van der Waals surface area contributed by atoms with Crippen molar-refractivity contribution in [1.29, 1.82) is 0 Å². The molecular weight excluding hydrogens is 469 g/mol. The van der Waals surface area contributed by atoms with Crippen LogP contribution in [0.15, 0.2) is 48.5 Å². The van der Waals surface area contributed by atoms with Crippen LogP contribution in [0, 0.1) is 5.82 Å². The van der Waals surface area contributed by atoms with Gasteiger partial charge in [-0.15, -0.1) is 0 Å². The summed E-state index contributed by atoms with van der Waals surface area (Å²) in [6, 6.07) is 13.1. The molecule has 2 fully saturated rings. The van der Waals surface area contributed by atoms with Crippen molar-refractivity contribution in [3.8, 4) is 5.75 Å². The molecule has 11 heteroatoms. The molecule has 2 atom stereocenters. The van der Waals surface area contributed by atoms with Crippen molar-refractivity contribution in [3.63, 3.8) is 0 Å². The predicted molar refractivity (Wildman–Crippen MR) is 123 cm³/mol. The van der Waals surface area contributed by atoms with Crippen molar-refractivity contribution in [3.05, 3.63) is 65.5 Å². The first-order valence-electron chi connectivity index (χ1n) is 10.8. The second-order valence-electron chi connectivity index (χ2n) is 8.40. The average Bonchev–Trinajstić information content (AvgIpc) is 3.23. The summed E-state index contributed by atoms with van der Waals surface area (Å²) in [5.74, 6) is -0.540. The lowest BCUT2D eigenvalue weighted by atomic mass is 9.96. The van der Waals surface area contributed by atoms with Gasteiger partial charge in [-0.1, -0.05) is 30.3 Å². The van der Waals surface area contributed by atoms with Gasteiger partial charge < -0.3 is 10.5 Å². The molecule has 2 aromatic carbocycles. The molecule has 0 spiro atoms. The van der Waals surface area contributed by atoms with Gasteiger partial charge in [-0.25, -0.2) is 12.8 Å². The molecular formula is C22H28FN3O5S2. The number of rotatable bonds is 7. The van der Waals surface area contributed by atoms with Gasteiger partial charge >= 0.3 is 0 Å². The summed E-state index contributed by atoms with van der Waals surface area (Å²) >= 11 is 0. The van der Waals surface area contributed by atoms with Gasteiger partial charge in [0.15, 0.2) is 9.84 Å². The van der Waals surface area contributed by atoms with Crippen LogP contribution in [0.5, 0.6) is 5.75 Å². The molecule has 0 unspecified atom stereocenters. The third-order valence-corrected chi connectivity index (χ3v) is 9.88. The number of sulfone groups is 1. The van der Waals surface area contributed by atoms with Crippen molar-refractivity contribution in [2.45, 2.75) is 24.9 Å². The fourth-order valence-electron chi connectivity index (χ4n) is 4.38. The highest BCUT2D eigenvalue weighted by molar-refractivity contribution is 7.91. The van der Waals surface area contributed by atoms with E-state index in [4.69, 9.17) is 10.5 Å². The van der Waals surface area contributed by atoms with E-state index in [0.29, 0.717) is 24.3 Å². The lowest BCUT2D eigenvalue weighted by molar-refractivity contribution is 0.224. The first-order chi connectivity index (χ1) is 15.7. The first-order valence-corrected chi connectivity index (χ1v) is 14.0. The van der Waals surface area contributed by atoms with Crippen LogP contribution >= 0.6 is 0 Å². The second kappa shape index (κ2) is 9.67. The molecule has 0 aromatic heterocycles. The fraction of sp³-hybridized carbons (Fsp3) is 0.455. The Morgan fingerprint density at radius 2 is 1.82 bits per heavy atom. The molecule has 2 aromatic rings. The predicted octanol–water partition coefficient (Wildman–Crippen LogP) is 1.50. The molecule has 2 heterocycles. The smallest absolute Gasteiger partial charge is 0.282 e. The molecule has 0 radical (unpaired) electrons. The fourth-order valence-corrected chi connectivity index (χ4v) is 7.65. The van der Waals surface area contributed by atoms with E-state index in [1.165, 1.54) is 14.7 Å². The van der Waals surface area contributed by atoms with Gasteiger partial charge in [0.25, 0.3) is 10.2 Å². The summed E-state index contributed by atoms with van der Waals surface area (Å²) in [5, 5.41) is 0. The van der Waals surface area contributed by atoms with E-state index in [2.05, 4.69) is 0 Å². The van der Waals surface area contributed by atoms with E-state index in [9.17, 15) is 21.2 Å². The Hall–Kier alpha value is -2.05. The molecule has 2 N–H and O–H groups in total. The quantitative estimate of drug-likeness (QED) is 0.621. The van der Waals surface area contributed by atoms with Gasteiger partial charge in [0.05, 0.1) is 17.5 Å². The van der Waals surface area contributed by atoms with Gasteiger partial charge in [0.2, 0.25) is 0 Å². The highest BCUT2D eigenvalue weighted by atomic mass is 32.2. The molecule has 2 aliphatic rings. The lowest BCUT2D eigenvalue weighted by Crippen LogP contribution is -2.52. The minimum atomic E-state index is -3.95. The van der Waals surface area contributed by atoms with E-state index in [0.717, 1.165) is 5.56 Å². The molecule has 0 amide bonds. The van der Waals surface area contributed by atoms with E-state index < -0.39 is 26.1 Å². The minimum Gasteiger partial charge on any atom is -0.492 e. The molecule has 2 aliphatic heterocycles. The summed E-state index contributed by atoms with van der Waals surface area (Å²) in [6.45, 7) is 0.372. The van der Waals surface area contributed by atoms with E-state index >= 15 is 0 Å². The zero-order chi connectivity index (χ0) is 23.6. The molecule has 180 valence electrons. The lowest BCUT2D eigenvalue weighted by Gasteiger charge is -2.32. The maximum Gasteiger partial charge on any atom is 0.282 e. The number of nitrogens with zero attached hydrogens (tertiary/aromatic N) is 2. The van der Waals surface area contributed by atoms with Crippen LogP contribution in [0.1, 0.15) is 23.5 Å². The largest absolute Gasteiger partial charge is 0.492 e. The van der Waals surface area contributed by atoms with Crippen molar-refractivity contribution in [1.82, 2.24) is 8.61 Å². The Morgan fingerprint density at radius 3 is 2.52 bits per heavy atom. The van der Waals surface area contributed by atoms with Crippen LogP contribution < -0.4 is 10.5 Å². The summed E-state index contributed by atoms with van der Waals surface area (Å²) in [7, 11) is -7.19. The van der Waals surface area contributed by atoms with Crippen LogP contribution in [0.3, 0.4) is 0 Å². The number of benzene rings is 2. The van der Waals surface area contributed by atoms with E-state index in [-0.39, 0.29) is 49.5 Å². The number of nitrogens with two attached hydrogens (primary N) is 1. The third-order valence-electron chi connectivity index (χ3n) is 6.21. The second-order valence-corrected chi connectivity index (χ2v) is 12.6. The first kappa shape index (κ1) is 24.1. The van der Waals surface area contributed by atoms with Gasteiger partial charge in [0.1, 0.15) is 18.2 Å². The Morgan fingerprint density at radius 1 is 1.09 bits per heavy atom. The highest BCUT2D eigenvalue weighted by Gasteiger charge is 2.44. The Balaban J connectivity index is 1.57. The Bertz CT molecular complexity index is 1190. The number of ether oxygens (including phenoxy) is 1. The van der Waals surface area contributed by atoms with E-state index in [1.807, 2.05) is 12.1 Å². The maximum atomic E-state index is 14.5. The summed E-state index contributed by atoms with van der Waals surface area (Å²) in [5.41, 5.74) is 7.04. The third kappa shape index (κ3) is 5.38. The van der Waals surface area contributed by atoms with E-state index in [1.54, 1.807) is 30.3 Å². The average molecular weight is 498 g/mol. The van der Waals surface area contributed by atoms with Crippen LogP contribution in [0.2, 0.25) is 0 Å². The van der Waals surface area contributed by atoms with Crippen LogP contribution in [0.25, 0.3) is 0 Å². The zero-order valence-electron chi connectivity index (χ0n) is 18.1. The van der Waals surface area contributed by atoms with Crippen LogP contribution in [0.4, 0.5) is 4.39 Å². The van der Waals surface area contributed by atoms with Crippen molar-refractivity contribution < 1.29 is 26.0 Å². The monoisotopic (exact) mass is 497 g/mol. The van der Waals surface area contributed by atoms with Crippen molar-refractivity contribution in [2.75, 3.05) is 37.7 Å². The zero-order valence-corrected chi connectivity index (χ0v) is 19.8. The summed E-state index contributed by atoms with van der Waals surface area (Å²) in [6.07, 6.45) is 0.392. The molecule has 8 nitrogen and oxygen atoms in total. The molecule has 4 rings (SSSR count). The number of hydrogen-bond acceptors (Lipinski definition) is 6. The van der Waals surface area contributed by atoms with Crippen molar-refractivity contribution >= 4 is 20.0 Å². The summed E-state index contributed by atoms with van der Waals surface area (Å²) < 4.78 is 73.5. The molecule has 0 aliphatic carbocycles. The van der Waals surface area contributed by atoms with Gasteiger partial charge in [-0.2, -0.15) is 17.0 Å². The minimum absolute atomic E-state index is 0.0857. The topological polar surface area (TPSA) is 110 Å². The number of hydrogen-bond donors (Lipinski definition) is 1. The molecule has 0 bridgehead atoms. The SMILES string of the molecule is NCc1cccc(OC[C@@H]2C[C@H](c3ccccc3F)CN2S(=O)(=O)N2CCS(=O)(=O)CC2)c1. The normalized spacial score (nSPS) is 24.1. The highest BCUT2D eigenvalue weighted by Crippen LogP contribution is 2.36. The van der Waals surface area contributed by atoms with Gasteiger partial charge in [-0.05, 0) is 35.7 Å². The van der Waals surface area contributed by atoms with Crippen LogP contribution in [-0.2, 0) is 26.6 Å². The Labute approximate surface area is 194 Å². The maximum absolute atomic E-state index is 14.5. The van der Waals surface area contributed by atoms with Crippen LogP contribution in [-0.4, -0.2) is 69.2 Å². The number of halogens is 1. The Kier molecular flexibility index (Phi) is 7.06. The molecule has 2 saturated heterocycles. The standard InChI is InChI=1S/C22H28FN3O5S2/c23-22-7-2-1-6-21(22)18-13-19(16-31-20-5-3-4-17(12-20)14-24)26(15-18)33(29,30)25-8-10-32(27,28)11-9-25/h1-7,12,18-19H,8-11,13-16,24H2/t18-,19-/m0/s1.